The minimum atomic E-state index is -4.33. The summed E-state index contributed by atoms with van der Waals surface area (Å²) in [4.78, 5) is 12.9. The molecule has 1 rings (SSSR count). The molecule has 1 fully saturated rings. The molecule has 0 aromatic carbocycles. The molecule has 0 aromatic rings. The van der Waals surface area contributed by atoms with Gasteiger partial charge >= 0.3 is 6.18 Å². The van der Waals surface area contributed by atoms with Crippen LogP contribution < -0.4 is 5.32 Å². The number of carbonyl (C=O) groups is 1. The Morgan fingerprint density at radius 2 is 2.05 bits per heavy atom. The number of rotatable bonds is 6. The van der Waals surface area contributed by atoms with E-state index in [4.69, 9.17) is 0 Å². The van der Waals surface area contributed by atoms with Crippen molar-refractivity contribution >= 4 is 5.91 Å². The molecule has 1 heterocycles. The van der Waals surface area contributed by atoms with Gasteiger partial charge in [0.2, 0.25) is 5.91 Å². The molecule has 20 heavy (non-hydrogen) atoms. The molecule has 1 atom stereocenters. The van der Waals surface area contributed by atoms with E-state index in [1.165, 1.54) is 0 Å². The van der Waals surface area contributed by atoms with Crippen molar-refractivity contribution in [1.82, 2.24) is 10.2 Å². The third-order valence-electron chi connectivity index (χ3n) is 3.43. The van der Waals surface area contributed by atoms with E-state index in [-0.39, 0.29) is 30.8 Å². The molecule has 0 aromatic heterocycles. The predicted molar refractivity (Wildman–Crippen MR) is 72.3 cm³/mol. The number of nitrogens with zero attached hydrogens (tertiary/aromatic N) is 1. The molecule has 0 saturated carbocycles. The second kappa shape index (κ2) is 7.86. The Kier molecular flexibility index (Phi) is 6.79. The fourth-order valence-electron chi connectivity index (χ4n) is 2.54. The summed E-state index contributed by atoms with van der Waals surface area (Å²) >= 11 is 0. The lowest BCUT2D eigenvalue weighted by Crippen LogP contribution is -2.42. The number of hydrogen-bond acceptors (Lipinski definition) is 2. The van der Waals surface area contributed by atoms with E-state index in [2.05, 4.69) is 5.32 Å². The number of alkyl halides is 3. The Labute approximate surface area is 118 Å². The lowest BCUT2D eigenvalue weighted by atomic mass is 10.00. The van der Waals surface area contributed by atoms with Gasteiger partial charge in [-0.15, -0.1) is 0 Å². The molecule has 118 valence electrons. The van der Waals surface area contributed by atoms with Crippen molar-refractivity contribution in [2.24, 2.45) is 5.92 Å². The van der Waals surface area contributed by atoms with Crippen LogP contribution in [0.15, 0.2) is 0 Å². The Bertz CT molecular complexity index is 299. The molecule has 1 aliphatic rings. The summed E-state index contributed by atoms with van der Waals surface area (Å²) in [7, 11) is 0. The molecule has 0 bridgehead atoms. The first-order valence-corrected chi connectivity index (χ1v) is 7.36. The Morgan fingerprint density at radius 3 is 2.55 bits per heavy atom. The largest absolute Gasteiger partial charge is 0.406 e. The number of halogens is 3. The number of carbonyl (C=O) groups excluding carboxylic acids is 1. The summed E-state index contributed by atoms with van der Waals surface area (Å²) in [5.41, 5.74) is 0. The third kappa shape index (κ3) is 7.12. The Hall–Kier alpha value is -0.780. The lowest BCUT2D eigenvalue weighted by molar-refractivity contribution is -0.162. The van der Waals surface area contributed by atoms with Crippen LogP contribution >= 0.6 is 0 Å². The van der Waals surface area contributed by atoms with Gasteiger partial charge in [-0.05, 0) is 31.7 Å². The standard InChI is InChI=1S/C14H25F3N2O/c1-11(2)9-19(10-14(15,16)17)13(20)7-6-12-5-3-4-8-18-12/h11-12,18H,3-10H2,1-2H3. The summed E-state index contributed by atoms with van der Waals surface area (Å²) in [5, 5.41) is 3.31. The Balaban J connectivity index is 2.44. The minimum Gasteiger partial charge on any atom is -0.333 e. The van der Waals surface area contributed by atoms with Gasteiger partial charge in [-0.3, -0.25) is 4.79 Å². The molecule has 0 spiro atoms. The lowest BCUT2D eigenvalue weighted by Gasteiger charge is -2.27. The van der Waals surface area contributed by atoms with Gasteiger partial charge in [0, 0.05) is 19.0 Å². The first kappa shape index (κ1) is 17.3. The highest BCUT2D eigenvalue weighted by Gasteiger charge is 2.33. The minimum absolute atomic E-state index is 0.0362. The van der Waals surface area contributed by atoms with Gasteiger partial charge in [0.1, 0.15) is 6.54 Å². The SMILES string of the molecule is CC(C)CN(CC(F)(F)F)C(=O)CCC1CCCCN1. The molecule has 3 nitrogen and oxygen atoms in total. The van der Waals surface area contributed by atoms with Crippen LogP contribution in [0.3, 0.4) is 0 Å². The normalized spacial score (nSPS) is 20.2. The van der Waals surface area contributed by atoms with Gasteiger partial charge < -0.3 is 10.2 Å². The third-order valence-corrected chi connectivity index (χ3v) is 3.43. The van der Waals surface area contributed by atoms with Gasteiger partial charge in [0.25, 0.3) is 0 Å². The highest BCUT2D eigenvalue weighted by molar-refractivity contribution is 5.76. The van der Waals surface area contributed by atoms with Crippen LogP contribution in [0, 0.1) is 5.92 Å². The maximum absolute atomic E-state index is 12.5. The van der Waals surface area contributed by atoms with Crippen LogP contribution in [0.5, 0.6) is 0 Å². The van der Waals surface area contributed by atoms with Crippen molar-refractivity contribution in [1.29, 1.82) is 0 Å². The van der Waals surface area contributed by atoms with E-state index in [1.54, 1.807) is 0 Å². The molecule has 1 unspecified atom stereocenters. The van der Waals surface area contributed by atoms with Crippen LogP contribution in [0.4, 0.5) is 13.2 Å². The van der Waals surface area contributed by atoms with E-state index >= 15 is 0 Å². The van der Waals surface area contributed by atoms with Crippen molar-refractivity contribution in [2.45, 2.75) is 58.2 Å². The van der Waals surface area contributed by atoms with Gasteiger partial charge in [-0.25, -0.2) is 0 Å². The average Bonchev–Trinajstić information content (AvgIpc) is 2.34. The average molecular weight is 294 g/mol. The van der Waals surface area contributed by atoms with Crippen LogP contribution in [0.1, 0.15) is 46.0 Å². The molecular weight excluding hydrogens is 269 g/mol. The fraction of sp³-hybridized carbons (Fsp3) is 0.929. The maximum Gasteiger partial charge on any atom is 0.406 e. The van der Waals surface area contributed by atoms with Gasteiger partial charge in [-0.2, -0.15) is 13.2 Å². The smallest absolute Gasteiger partial charge is 0.333 e. The zero-order valence-corrected chi connectivity index (χ0v) is 12.3. The predicted octanol–water partition coefficient (Wildman–Crippen LogP) is 2.96. The van der Waals surface area contributed by atoms with Gasteiger partial charge in [0.15, 0.2) is 0 Å². The number of piperidine rings is 1. The van der Waals surface area contributed by atoms with E-state index < -0.39 is 12.7 Å². The van der Waals surface area contributed by atoms with E-state index in [1.807, 2.05) is 13.8 Å². The molecule has 0 radical (unpaired) electrons. The topological polar surface area (TPSA) is 32.3 Å². The summed E-state index contributed by atoms with van der Waals surface area (Å²) in [6.45, 7) is 3.61. The first-order chi connectivity index (χ1) is 9.28. The molecule has 6 heteroatoms. The van der Waals surface area contributed by atoms with E-state index in [0.717, 1.165) is 30.7 Å². The molecule has 1 saturated heterocycles. The number of nitrogens with one attached hydrogen (secondary N) is 1. The first-order valence-electron chi connectivity index (χ1n) is 7.36. The van der Waals surface area contributed by atoms with Crippen molar-refractivity contribution < 1.29 is 18.0 Å². The number of amides is 1. The molecule has 1 amide bonds. The van der Waals surface area contributed by atoms with Crippen molar-refractivity contribution in [2.75, 3.05) is 19.6 Å². The quantitative estimate of drug-likeness (QED) is 0.817. The summed E-state index contributed by atoms with van der Waals surface area (Å²) < 4.78 is 37.5. The second-order valence-electron chi connectivity index (χ2n) is 5.97. The van der Waals surface area contributed by atoms with E-state index in [0.29, 0.717) is 6.42 Å². The zero-order valence-electron chi connectivity index (χ0n) is 12.3. The summed E-state index contributed by atoms with van der Waals surface area (Å²) in [6, 6.07) is 0.277. The van der Waals surface area contributed by atoms with Gasteiger partial charge in [0.05, 0.1) is 0 Å². The van der Waals surface area contributed by atoms with Crippen LogP contribution in [-0.4, -0.2) is 42.7 Å². The number of hydrogen-bond donors (Lipinski definition) is 1. The zero-order chi connectivity index (χ0) is 15.2. The fourth-order valence-corrected chi connectivity index (χ4v) is 2.54. The molecule has 1 aliphatic heterocycles. The van der Waals surface area contributed by atoms with Crippen LogP contribution in [0.2, 0.25) is 0 Å². The van der Waals surface area contributed by atoms with Crippen LogP contribution in [-0.2, 0) is 4.79 Å². The second-order valence-corrected chi connectivity index (χ2v) is 5.97. The highest BCUT2D eigenvalue weighted by atomic mass is 19.4. The highest BCUT2D eigenvalue weighted by Crippen LogP contribution is 2.19. The molecule has 0 aliphatic carbocycles. The maximum atomic E-state index is 12.5. The Morgan fingerprint density at radius 1 is 1.35 bits per heavy atom. The van der Waals surface area contributed by atoms with Crippen molar-refractivity contribution in [3.8, 4) is 0 Å². The summed E-state index contributed by atoms with van der Waals surface area (Å²) in [6.07, 6.45) is -0.224. The van der Waals surface area contributed by atoms with Crippen LogP contribution in [0.25, 0.3) is 0 Å². The van der Waals surface area contributed by atoms with Gasteiger partial charge in [-0.1, -0.05) is 20.3 Å². The summed E-state index contributed by atoms with van der Waals surface area (Å²) in [5.74, 6) is -0.350. The molecular formula is C14H25F3N2O. The van der Waals surface area contributed by atoms with E-state index in [9.17, 15) is 18.0 Å². The molecule has 1 N–H and O–H groups in total. The van der Waals surface area contributed by atoms with Crippen molar-refractivity contribution in [3.05, 3.63) is 0 Å². The monoisotopic (exact) mass is 294 g/mol. The van der Waals surface area contributed by atoms with Crippen molar-refractivity contribution in [3.63, 3.8) is 0 Å².